The minimum absolute atomic E-state index is 0.133. The van der Waals surface area contributed by atoms with Crippen molar-refractivity contribution >= 4 is 17.3 Å². The van der Waals surface area contributed by atoms with Crippen LogP contribution in [-0.2, 0) is 6.54 Å². The molecule has 0 saturated heterocycles. The zero-order valence-electron chi connectivity index (χ0n) is 11.1. The molecule has 3 N–H and O–H groups in total. The smallest absolute Gasteiger partial charge is 0.157 e. The molecule has 0 atom stereocenters. The number of aromatic hydroxyl groups is 2. The number of ether oxygens (including phenoxy) is 1. The summed E-state index contributed by atoms with van der Waals surface area (Å²) in [6.45, 7) is 2.96. The minimum atomic E-state index is -0.138. The van der Waals surface area contributed by atoms with E-state index in [1.54, 1.807) is 18.2 Å². The third kappa shape index (κ3) is 3.48. The minimum Gasteiger partial charge on any atom is -0.504 e. The zero-order chi connectivity index (χ0) is 14.5. The molecule has 0 saturated carbocycles. The maximum atomic E-state index is 9.46. The van der Waals surface area contributed by atoms with Gasteiger partial charge in [0.25, 0.3) is 0 Å². The summed E-state index contributed by atoms with van der Waals surface area (Å²) in [4.78, 5) is 0. The van der Waals surface area contributed by atoms with E-state index in [1.807, 2.05) is 13.0 Å². The van der Waals surface area contributed by atoms with E-state index >= 15 is 0 Å². The molecule has 0 bridgehead atoms. The summed E-state index contributed by atoms with van der Waals surface area (Å²) in [5.74, 6) is 0.451. The van der Waals surface area contributed by atoms with E-state index in [4.69, 9.17) is 16.3 Å². The van der Waals surface area contributed by atoms with Gasteiger partial charge in [-0.15, -0.1) is 0 Å². The van der Waals surface area contributed by atoms with Crippen LogP contribution >= 0.6 is 11.6 Å². The van der Waals surface area contributed by atoms with E-state index in [-0.39, 0.29) is 11.5 Å². The molecule has 0 amide bonds. The fourth-order valence-electron chi connectivity index (χ4n) is 1.80. The van der Waals surface area contributed by atoms with E-state index in [2.05, 4.69) is 5.32 Å². The Morgan fingerprint density at radius 1 is 1.10 bits per heavy atom. The van der Waals surface area contributed by atoms with Crippen molar-refractivity contribution in [3.8, 4) is 17.2 Å². The van der Waals surface area contributed by atoms with Crippen molar-refractivity contribution in [3.05, 3.63) is 47.0 Å². The first kappa shape index (κ1) is 14.3. The molecule has 0 unspecified atom stereocenters. The van der Waals surface area contributed by atoms with Crippen LogP contribution in [-0.4, -0.2) is 16.8 Å². The van der Waals surface area contributed by atoms with Crippen molar-refractivity contribution in [2.45, 2.75) is 13.5 Å². The van der Waals surface area contributed by atoms with Crippen LogP contribution in [0, 0.1) is 0 Å². The molecular formula is C15H16ClNO3. The predicted octanol–water partition coefficient (Wildman–Crippen LogP) is 3.76. The molecule has 0 aliphatic heterocycles. The van der Waals surface area contributed by atoms with Crippen molar-refractivity contribution < 1.29 is 14.9 Å². The first-order chi connectivity index (χ1) is 9.60. The highest BCUT2D eigenvalue weighted by molar-refractivity contribution is 6.30. The Labute approximate surface area is 122 Å². The molecule has 2 rings (SSSR count). The van der Waals surface area contributed by atoms with Crippen LogP contribution in [0.25, 0.3) is 0 Å². The van der Waals surface area contributed by atoms with Crippen molar-refractivity contribution in [1.82, 2.24) is 0 Å². The van der Waals surface area contributed by atoms with Crippen LogP contribution in [0.4, 0.5) is 5.69 Å². The van der Waals surface area contributed by atoms with Gasteiger partial charge in [0.15, 0.2) is 11.5 Å². The van der Waals surface area contributed by atoms with E-state index in [0.717, 1.165) is 17.0 Å². The van der Waals surface area contributed by atoms with Gasteiger partial charge in [0.05, 0.1) is 12.3 Å². The van der Waals surface area contributed by atoms with Crippen molar-refractivity contribution in [2.24, 2.45) is 0 Å². The second-order valence-corrected chi connectivity index (χ2v) is 4.69. The van der Waals surface area contributed by atoms with E-state index in [9.17, 15) is 10.2 Å². The van der Waals surface area contributed by atoms with Crippen LogP contribution in [0.3, 0.4) is 0 Å². The summed E-state index contributed by atoms with van der Waals surface area (Å²) >= 11 is 5.98. The quantitative estimate of drug-likeness (QED) is 0.735. The first-order valence-electron chi connectivity index (χ1n) is 6.27. The summed E-state index contributed by atoms with van der Waals surface area (Å²) < 4.78 is 5.51. The van der Waals surface area contributed by atoms with Gasteiger partial charge in [0.2, 0.25) is 0 Å². The standard InChI is InChI=1S/C15H16ClNO3/c1-2-20-15-6-4-11(16)8-12(15)17-9-10-3-5-13(18)14(19)7-10/h3-8,17-19H,2,9H2,1H3. The Morgan fingerprint density at radius 3 is 2.60 bits per heavy atom. The lowest BCUT2D eigenvalue weighted by Crippen LogP contribution is -2.02. The highest BCUT2D eigenvalue weighted by Crippen LogP contribution is 2.29. The van der Waals surface area contributed by atoms with Gasteiger partial charge in [-0.25, -0.2) is 0 Å². The number of hydrogen-bond donors (Lipinski definition) is 3. The number of halogens is 1. The topological polar surface area (TPSA) is 61.7 Å². The average Bonchev–Trinajstić information content (AvgIpc) is 2.43. The molecule has 0 radical (unpaired) electrons. The molecule has 0 aliphatic rings. The summed E-state index contributed by atoms with van der Waals surface area (Å²) in [6.07, 6.45) is 0. The Bertz CT molecular complexity index is 602. The largest absolute Gasteiger partial charge is 0.504 e. The van der Waals surface area contributed by atoms with Gasteiger partial charge >= 0.3 is 0 Å². The second-order valence-electron chi connectivity index (χ2n) is 4.25. The Balaban J connectivity index is 2.13. The van der Waals surface area contributed by atoms with Crippen molar-refractivity contribution in [2.75, 3.05) is 11.9 Å². The summed E-state index contributed by atoms with van der Waals surface area (Å²) in [5.41, 5.74) is 1.62. The maximum absolute atomic E-state index is 9.46. The fourth-order valence-corrected chi connectivity index (χ4v) is 1.97. The normalized spacial score (nSPS) is 10.3. The van der Waals surface area contributed by atoms with Gasteiger partial charge in [-0.1, -0.05) is 17.7 Å². The zero-order valence-corrected chi connectivity index (χ0v) is 11.8. The fraction of sp³-hybridized carbons (Fsp3) is 0.200. The monoisotopic (exact) mass is 293 g/mol. The van der Waals surface area contributed by atoms with Gasteiger partial charge in [-0.3, -0.25) is 0 Å². The molecule has 2 aromatic rings. The molecule has 2 aromatic carbocycles. The molecule has 5 heteroatoms. The van der Waals surface area contributed by atoms with Crippen molar-refractivity contribution in [3.63, 3.8) is 0 Å². The predicted molar refractivity (Wildman–Crippen MR) is 79.7 cm³/mol. The Kier molecular flexibility index (Phi) is 4.58. The lowest BCUT2D eigenvalue weighted by atomic mass is 10.2. The average molecular weight is 294 g/mol. The molecule has 4 nitrogen and oxygen atoms in total. The summed E-state index contributed by atoms with van der Waals surface area (Å²) in [7, 11) is 0. The van der Waals surface area contributed by atoms with E-state index in [0.29, 0.717) is 18.2 Å². The number of benzene rings is 2. The molecule has 0 spiro atoms. The SMILES string of the molecule is CCOc1ccc(Cl)cc1NCc1ccc(O)c(O)c1. The van der Waals surface area contributed by atoms with Crippen LogP contribution in [0.1, 0.15) is 12.5 Å². The maximum Gasteiger partial charge on any atom is 0.157 e. The lowest BCUT2D eigenvalue weighted by Gasteiger charge is -2.13. The summed E-state index contributed by atoms with van der Waals surface area (Å²) in [5, 5.41) is 22.5. The van der Waals surface area contributed by atoms with Crippen LogP contribution < -0.4 is 10.1 Å². The molecular weight excluding hydrogens is 278 g/mol. The number of phenolic OH excluding ortho intramolecular Hbond substituents is 2. The Hall–Kier alpha value is -2.07. The molecule has 20 heavy (non-hydrogen) atoms. The lowest BCUT2D eigenvalue weighted by molar-refractivity contribution is 0.341. The van der Waals surface area contributed by atoms with E-state index in [1.165, 1.54) is 12.1 Å². The molecule has 0 fully saturated rings. The van der Waals surface area contributed by atoms with Crippen LogP contribution in [0.15, 0.2) is 36.4 Å². The van der Waals surface area contributed by atoms with Gasteiger partial charge in [-0.2, -0.15) is 0 Å². The van der Waals surface area contributed by atoms with Crippen LogP contribution in [0.2, 0.25) is 5.02 Å². The van der Waals surface area contributed by atoms with Crippen molar-refractivity contribution in [1.29, 1.82) is 0 Å². The first-order valence-corrected chi connectivity index (χ1v) is 6.65. The number of anilines is 1. The van der Waals surface area contributed by atoms with Gasteiger partial charge in [-0.05, 0) is 42.8 Å². The molecule has 106 valence electrons. The third-order valence-electron chi connectivity index (χ3n) is 2.76. The highest BCUT2D eigenvalue weighted by Gasteiger charge is 2.05. The Morgan fingerprint density at radius 2 is 1.90 bits per heavy atom. The van der Waals surface area contributed by atoms with Gasteiger partial charge in [0.1, 0.15) is 5.75 Å². The molecule has 0 heterocycles. The number of phenols is 2. The molecule has 0 aromatic heterocycles. The van der Waals surface area contributed by atoms with Gasteiger partial charge in [0, 0.05) is 11.6 Å². The van der Waals surface area contributed by atoms with Crippen LogP contribution in [0.5, 0.6) is 17.2 Å². The number of rotatable bonds is 5. The van der Waals surface area contributed by atoms with E-state index < -0.39 is 0 Å². The number of hydrogen-bond acceptors (Lipinski definition) is 4. The molecule has 0 aliphatic carbocycles. The second kappa shape index (κ2) is 6.39. The number of nitrogens with one attached hydrogen (secondary N) is 1. The van der Waals surface area contributed by atoms with Gasteiger partial charge < -0.3 is 20.3 Å². The highest BCUT2D eigenvalue weighted by atomic mass is 35.5. The summed E-state index contributed by atoms with van der Waals surface area (Å²) in [6, 6.07) is 10.0. The third-order valence-corrected chi connectivity index (χ3v) is 3.00.